The third kappa shape index (κ3) is 2.52. The molecule has 3 heterocycles. The zero-order valence-corrected chi connectivity index (χ0v) is 13.5. The van der Waals surface area contributed by atoms with Gasteiger partial charge in [-0.2, -0.15) is 0 Å². The highest BCUT2D eigenvalue weighted by Crippen LogP contribution is 2.36. The molecule has 1 unspecified atom stereocenters. The molecule has 0 spiro atoms. The Labute approximate surface area is 129 Å². The van der Waals surface area contributed by atoms with Crippen LogP contribution in [0.3, 0.4) is 0 Å². The van der Waals surface area contributed by atoms with Crippen LogP contribution in [-0.2, 0) is 5.41 Å². The van der Waals surface area contributed by atoms with Crippen LogP contribution in [0.25, 0.3) is 0 Å². The third-order valence-corrected chi connectivity index (χ3v) is 5.82. The van der Waals surface area contributed by atoms with Gasteiger partial charge in [0.25, 0.3) is 0 Å². The maximum Gasteiger partial charge on any atom is 0.0954 e. The number of hydrogen-bond acceptors (Lipinski definition) is 3. The van der Waals surface area contributed by atoms with Gasteiger partial charge < -0.3 is 9.88 Å². The van der Waals surface area contributed by atoms with E-state index in [-0.39, 0.29) is 11.5 Å². The summed E-state index contributed by atoms with van der Waals surface area (Å²) in [7, 11) is 0. The van der Waals surface area contributed by atoms with Crippen molar-refractivity contribution in [2.24, 2.45) is 0 Å². The van der Waals surface area contributed by atoms with Gasteiger partial charge in [0, 0.05) is 22.2 Å². The molecule has 0 saturated carbocycles. The van der Waals surface area contributed by atoms with Crippen LogP contribution in [0.5, 0.6) is 0 Å². The van der Waals surface area contributed by atoms with Crippen LogP contribution in [-0.4, -0.2) is 22.6 Å². The second kappa shape index (κ2) is 5.51. The second-order valence-electron chi connectivity index (χ2n) is 5.81. The van der Waals surface area contributed by atoms with E-state index in [2.05, 4.69) is 34.8 Å². The first-order chi connectivity index (χ1) is 9.60. The van der Waals surface area contributed by atoms with Crippen LogP contribution in [0.15, 0.2) is 24.7 Å². The molecule has 5 heteroatoms. The van der Waals surface area contributed by atoms with Gasteiger partial charge in [-0.15, -0.1) is 11.3 Å². The Morgan fingerprint density at radius 3 is 2.80 bits per heavy atom. The van der Waals surface area contributed by atoms with E-state index in [1.807, 2.05) is 18.6 Å². The molecule has 1 saturated heterocycles. The van der Waals surface area contributed by atoms with Crippen molar-refractivity contribution in [3.05, 3.63) is 39.6 Å². The molecule has 1 aliphatic heterocycles. The van der Waals surface area contributed by atoms with Gasteiger partial charge in [-0.1, -0.05) is 18.5 Å². The molecular weight excluding hydrogens is 290 g/mol. The van der Waals surface area contributed by atoms with Gasteiger partial charge in [0.2, 0.25) is 0 Å². The molecule has 1 aliphatic rings. The smallest absolute Gasteiger partial charge is 0.0954 e. The Balaban J connectivity index is 1.93. The number of nitrogens with zero attached hydrogens (tertiary/aromatic N) is 2. The molecule has 1 fully saturated rings. The van der Waals surface area contributed by atoms with Crippen molar-refractivity contribution >= 4 is 22.9 Å². The molecule has 2 aromatic heterocycles. The van der Waals surface area contributed by atoms with Crippen LogP contribution < -0.4 is 5.32 Å². The SMILES string of the molecule is CC(c1ccc(Cl)s1)n1cncc1C1(C)CCNCC1. The molecule has 3 nitrogen and oxygen atoms in total. The summed E-state index contributed by atoms with van der Waals surface area (Å²) in [5.41, 5.74) is 1.56. The van der Waals surface area contributed by atoms with Gasteiger partial charge >= 0.3 is 0 Å². The summed E-state index contributed by atoms with van der Waals surface area (Å²) < 4.78 is 3.16. The number of imidazole rings is 1. The predicted octanol–water partition coefficient (Wildman–Crippen LogP) is 3.85. The zero-order valence-electron chi connectivity index (χ0n) is 11.9. The Morgan fingerprint density at radius 2 is 2.15 bits per heavy atom. The monoisotopic (exact) mass is 309 g/mol. The molecule has 1 atom stereocenters. The molecular formula is C15H20ClN3S. The number of rotatable bonds is 3. The van der Waals surface area contributed by atoms with Crippen LogP contribution in [0.4, 0.5) is 0 Å². The summed E-state index contributed by atoms with van der Waals surface area (Å²) in [6, 6.07) is 4.38. The van der Waals surface area contributed by atoms with Crippen LogP contribution in [0.1, 0.15) is 43.3 Å². The van der Waals surface area contributed by atoms with Crippen molar-refractivity contribution in [3.8, 4) is 0 Å². The maximum atomic E-state index is 6.07. The summed E-state index contributed by atoms with van der Waals surface area (Å²) in [5, 5.41) is 3.44. The first-order valence-electron chi connectivity index (χ1n) is 7.08. The quantitative estimate of drug-likeness (QED) is 0.933. The van der Waals surface area contributed by atoms with Crippen molar-refractivity contribution in [3.63, 3.8) is 0 Å². The highest BCUT2D eigenvalue weighted by atomic mass is 35.5. The topological polar surface area (TPSA) is 29.9 Å². The van der Waals surface area contributed by atoms with E-state index in [1.165, 1.54) is 10.6 Å². The van der Waals surface area contributed by atoms with Crippen molar-refractivity contribution < 1.29 is 0 Å². The summed E-state index contributed by atoms with van der Waals surface area (Å²) in [4.78, 5) is 5.69. The minimum absolute atomic E-state index is 0.219. The fourth-order valence-electron chi connectivity index (χ4n) is 3.01. The predicted molar refractivity (Wildman–Crippen MR) is 84.8 cm³/mol. The van der Waals surface area contributed by atoms with Crippen molar-refractivity contribution in [2.45, 2.75) is 38.1 Å². The van der Waals surface area contributed by atoms with Gasteiger partial charge in [-0.05, 0) is 45.0 Å². The zero-order chi connectivity index (χ0) is 14.2. The van der Waals surface area contributed by atoms with E-state index in [0.29, 0.717) is 0 Å². The Hall–Kier alpha value is -0.840. The van der Waals surface area contributed by atoms with Crippen molar-refractivity contribution in [2.75, 3.05) is 13.1 Å². The molecule has 20 heavy (non-hydrogen) atoms. The van der Waals surface area contributed by atoms with Crippen molar-refractivity contribution in [1.29, 1.82) is 0 Å². The standard InChI is InChI=1S/C15H20ClN3S/c1-11(12-3-4-14(16)20-12)19-10-18-9-13(19)15(2)5-7-17-8-6-15/h3-4,9-11,17H,5-8H2,1-2H3. The summed E-state index contributed by atoms with van der Waals surface area (Å²) in [6.45, 7) is 6.75. The number of aromatic nitrogens is 2. The lowest BCUT2D eigenvalue weighted by molar-refractivity contribution is 0.314. The van der Waals surface area contributed by atoms with Gasteiger partial charge in [0.05, 0.1) is 16.7 Å². The number of thiophene rings is 1. The van der Waals surface area contributed by atoms with Crippen LogP contribution in [0.2, 0.25) is 4.34 Å². The van der Waals surface area contributed by atoms with E-state index in [9.17, 15) is 0 Å². The summed E-state index contributed by atoms with van der Waals surface area (Å²) in [5.74, 6) is 0. The minimum atomic E-state index is 0.219. The molecule has 108 valence electrons. The molecule has 0 aromatic carbocycles. The number of piperidine rings is 1. The molecule has 0 bridgehead atoms. The second-order valence-corrected chi connectivity index (χ2v) is 7.56. The highest BCUT2D eigenvalue weighted by Gasteiger charge is 2.32. The molecule has 2 aromatic rings. The molecule has 0 amide bonds. The highest BCUT2D eigenvalue weighted by molar-refractivity contribution is 7.16. The van der Waals surface area contributed by atoms with Crippen molar-refractivity contribution in [1.82, 2.24) is 14.9 Å². The van der Waals surface area contributed by atoms with Gasteiger partial charge in [-0.25, -0.2) is 4.98 Å². The Morgan fingerprint density at radius 1 is 1.40 bits per heavy atom. The minimum Gasteiger partial charge on any atom is -0.326 e. The van der Waals surface area contributed by atoms with Crippen LogP contribution >= 0.6 is 22.9 Å². The number of halogens is 1. The van der Waals surface area contributed by atoms with E-state index >= 15 is 0 Å². The summed E-state index contributed by atoms with van der Waals surface area (Å²) >= 11 is 7.72. The lowest BCUT2D eigenvalue weighted by Gasteiger charge is -2.35. The molecule has 0 radical (unpaired) electrons. The summed E-state index contributed by atoms with van der Waals surface area (Å²) in [6.07, 6.45) is 6.32. The lowest BCUT2D eigenvalue weighted by atomic mass is 9.78. The number of hydrogen-bond donors (Lipinski definition) is 1. The van der Waals surface area contributed by atoms with E-state index < -0.39 is 0 Å². The van der Waals surface area contributed by atoms with E-state index in [4.69, 9.17) is 11.6 Å². The van der Waals surface area contributed by atoms with Crippen LogP contribution in [0, 0.1) is 0 Å². The average molecular weight is 310 g/mol. The van der Waals surface area contributed by atoms with Gasteiger partial charge in [-0.3, -0.25) is 0 Å². The van der Waals surface area contributed by atoms with Gasteiger partial charge in [0.15, 0.2) is 0 Å². The Bertz CT molecular complexity index is 583. The third-order valence-electron chi connectivity index (χ3n) is 4.41. The van der Waals surface area contributed by atoms with Gasteiger partial charge in [0.1, 0.15) is 0 Å². The molecule has 3 rings (SSSR count). The fraction of sp³-hybridized carbons (Fsp3) is 0.533. The fourth-order valence-corrected chi connectivity index (χ4v) is 4.12. The first kappa shape index (κ1) is 14.1. The van der Waals surface area contributed by atoms with E-state index in [0.717, 1.165) is 30.3 Å². The normalized spacial score (nSPS) is 19.9. The first-order valence-corrected chi connectivity index (χ1v) is 8.28. The molecule has 0 aliphatic carbocycles. The Kier molecular flexibility index (Phi) is 3.89. The largest absolute Gasteiger partial charge is 0.326 e. The molecule has 1 N–H and O–H groups in total. The maximum absolute atomic E-state index is 6.07. The van der Waals surface area contributed by atoms with E-state index in [1.54, 1.807) is 11.3 Å². The average Bonchev–Trinajstić information content (AvgIpc) is 3.07. The number of nitrogens with one attached hydrogen (secondary N) is 1. The lowest BCUT2D eigenvalue weighted by Crippen LogP contribution is -2.39.